The van der Waals surface area contributed by atoms with Crippen molar-refractivity contribution in [3.05, 3.63) is 23.5 Å². The lowest BCUT2D eigenvalue weighted by molar-refractivity contribution is 0.234. The highest BCUT2D eigenvalue weighted by atomic mass is 16.3. The fraction of sp³-hybridized carbons (Fsp3) is 0.462. The van der Waals surface area contributed by atoms with E-state index in [-0.39, 0.29) is 5.54 Å². The van der Waals surface area contributed by atoms with Crippen LogP contribution < -0.4 is 5.73 Å². The monoisotopic (exact) mass is 231 g/mol. The second-order valence-corrected chi connectivity index (χ2v) is 5.13. The maximum Gasteiger partial charge on any atom is 0.129 e. The molecule has 3 rings (SSSR count). The summed E-state index contributed by atoms with van der Waals surface area (Å²) in [6, 6.07) is 3.68. The minimum Gasteiger partial charge on any atom is -0.508 e. The topological polar surface area (TPSA) is 64.1 Å². The van der Waals surface area contributed by atoms with Crippen molar-refractivity contribution in [1.82, 2.24) is 9.55 Å². The maximum absolute atomic E-state index is 9.71. The average molecular weight is 231 g/mol. The van der Waals surface area contributed by atoms with Crippen LogP contribution in [-0.2, 0) is 12.6 Å². The van der Waals surface area contributed by atoms with Gasteiger partial charge in [0, 0.05) is 13.1 Å². The average Bonchev–Trinajstić information content (AvgIpc) is 2.55. The number of benzene rings is 1. The number of fused-ring (bicyclic) bond motifs is 1. The van der Waals surface area contributed by atoms with Gasteiger partial charge >= 0.3 is 0 Å². The first-order valence-corrected chi connectivity index (χ1v) is 5.97. The zero-order valence-electron chi connectivity index (χ0n) is 10.2. The number of nitrogens with two attached hydrogens (primary N) is 1. The van der Waals surface area contributed by atoms with Crippen LogP contribution in [0.4, 0.5) is 0 Å². The minimum absolute atomic E-state index is 0.267. The van der Waals surface area contributed by atoms with Crippen molar-refractivity contribution in [1.29, 1.82) is 0 Å². The van der Waals surface area contributed by atoms with Gasteiger partial charge < -0.3 is 15.4 Å². The van der Waals surface area contributed by atoms with Crippen LogP contribution in [0.3, 0.4) is 0 Å². The minimum atomic E-state index is -0.267. The molecule has 0 radical (unpaired) electrons. The molecule has 1 heterocycles. The lowest BCUT2D eigenvalue weighted by atomic mass is 9.77. The van der Waals surface area contributed by atoms with Crippen molar-refractivity contribution >= 4 is 11.0 Å². The summed E-state index contributed by atoms with van der Waals surface area (Å²) in [4.78, 5) is 4.59. The van der Waals surface area contributed by atoms with Gasteiger partial charge in [0.2, 0.25) is 0 Å². The first-order chi connectivity index (χ1) is 8.01. The normalized spacial score (nSPS) is 18.3. The zero-order chi connectivity index (χ0) is 12.2. The Kier molecular flexibility index (Phi) is 2.01. The number of rotatable bonds is 1. The molecule has 17 heavy (non-hydrogen) atoms. The Labute approximate surface area is 100 Å². The fourth-order valence-electron chi connectivity index (χ4n) is 2.56. The predicted octanol–water partition coefficient (Wildman–Crippen LogP) is 1.93. The van der Waals surface area contributed by atoms with Crippen molar-refractivity contribution in [2.75, 3.05) is 0 Å². The molecule has 2 aromatic rings. The Morgan fingerprint density at radius 1 is 1.41 bits per heavy atom. The number of aromatic nitrogens is 2. The van der Waals surface area contributed by atoms with E-state index < -0.39 is 0 Å². The molecule has 0 amide bonds. The van der Waals surface area contributed by atoms with Gasteiger partial charge in [-0.1, -0.05) is 0 Å². The summed E-state index contributed by atoms with van der Waals surface area (Å²) in [5, 5.41) is 9.71. The predicted molar refractivity (Wildman–Crippen MR) is 66.8 cm³/mol. The second-order valence-electron chi connectivity index (χ2n) is 5.13. The number of aromatic hydroxyl groups is 1. The van der Waals surface area contributed by atoms with Crippen LogP contribution in [0.25, 0.3) is 11.0 Å². The van der Waals surface area contributed by atoms with E-state index in [1.54, 1.807) is 6.07 Å². The van der Waals surface area contributed by atoms with Crippen LogP contribution in [-0.4, -0.2) is 14.7 Å². The molecule has 4 heteroatoms. The lowest BCUT2D eigenvalue weighted by Crippen LogP contribution is -2.45. The number of phenols is 1. The van der Waals surface area contributed by atoms with Gasteiger partial charge in [-0.3, -0.25) is 0 Å². The van der Waals surface area contributed by atoms with Crippen LogP contribution in [0.2, 0.25) is 0 Å². The van der Waals surface area contributed by atoms with E-state index in [1.165, 1.54) is 6.42 Å². The van der Waals surface area contributed by atoms with Crippen LogP contribution in [0.1, 0.15) is 30.7 Å². The summed E-state index contributed by atoms with van der Waals surface area (Å²) in [5.74, 6) is 1.23. The Morgan fingerprint density at radius 3 is 2.71 bits per heavy atom. The molecule has 0 atom stereocenters. The van der Waals surface area contributed by atoms with Crippen LogP contribution in [0.5, 0.6) is 5.75 Å². The van der Waals surface area contributed by atoms with E-state index in [0.29, 0.717) is 5.75 Å². The first-order valence-electron chi connectivity index (χ1n) is 5.97. The fourth-order valence-corrected chi connectivity index (χ4v) is 2.56. The maximum atomic E-state index is 9.71. The Hall–Kier alpha value is -1.55. The van der Waals surface area contributed by atoms with E-state index in [2.05, 4.69) is 9.55 Å². The highest BCUT2D eigenvalue weighted by Gasteiger charge is 2.38. The third-order valence-electron chi connectivity index (χ3n) is 3.89. The van der Waals surface area contributed by atoms with Gasteiger partial charge in [-0.05, 0) is 37.8 Å². The van der Waals surface area contributed by atoms with Crippen LogP contribution in [0, 0.1) is 6.92 Å². The molecule has 90 valence electrons. The molecule has 0 aliphatic heterocycles. The molecule has 1 fully saturated rings. The SMILES string of the molecule is Cc1cc2c(cc1O)nc(C1(N)CCC1)n2C. The van der Waals surface area contributed by atoms with Gasteiger partial charge in [0.05, 0.1) is 16.6 Å². The number of aryl methyl sites for hydroxylation is 2. The van der Waals surface area contributed by atoms with E-state index in [4.69, 9.17) is 5.73 Å². The third-order valence-corrected chi connectivity index (χ3v) is 3.89. The Morgan fingerprint density at radius 2 is 2.12 bits per heavy atom. The standard InChI is InChI=1S/C13H17N3O/c1-8-6-10-9(7-11(8)17)15-12(16(10)2)13(14)4-3-5-13/h6-7,17H,3-5,14H2,1-2H3. The number of phenolic OH excluding ortho intramolecular Hbond substituents is 1. The van der Waals surface area contributed by atoms with Gasteiger partial charge in [0.25, 0.3) is 0 Å². The van der Waals surface area contributed by atoms with Gasteiger partial charge in [0.1, 0.15) is 11.6 Å². The quantitative estimate of drug-likeness (QED) is 0.788. The number of hydrogen-bond donors (Lipinski definition) is 2. The van der Waals surface area contributed by atoms with Crippen molar-refractivity contribution in [3.63, 3.8) is 0 Å². The Balaban J connectivity index is 2.25. The van der Waals surface area contributed by atoms with E-state index in [0.717, 1.165) is 35.3 Å². The molecule has 0 bridgehead atoms. The highest BCUT2D eigenvalue weighted by molar-refractivity contribution is 5.79. The first kappa shape index (κ1) is 10.6. The van der Waals surface area contributed by atoms with Gasteiger partial charge in [0.15, 0.2) is 0 Å². The molecule has 0 spiro atoms. The smallest absolute Gasteiger partial charge is 0.129 e. The molecular weight excluding hydrogens is 214 g/mol. The van der Waals surface area contributed by atoms with Gasteiger partial charge in [-0.2, -0.15) is 0 Å². The highest BCUT2D eigenvalue weighted by Crippen LogP contribution is 2.39. The second kappa shape index (κ2) is 3.23. The van der Waals surface area contributed by atoms with E-state index in [9.17, 15) is 5.11 Å². The zero-order valence-corrected chi connectivity index (χ0v) is 10.2. The van der Waals surface area contributed by atoms with Gasteiger partial charge in [-0.25, -0.2) is 4.98 Å². The van der Waals surface area contributed by atoms with Crippen molar-refractivity contribution in [2.45, 2.75) is 31.7 Å². The van der Waals surface area contributed by atoms with E-state index in [1.807, 2.05) is 20.0 Å². The van der Waals surface area contributed by atoms with Crippen molar-refractivity contribution in [2.24, 2.45) is 12.8 Å². The molecule has 4 nitrogen and oxygen atoms in total. The van der Waals surface area contributed by atoms with Gasteiger partial charge in [-0.15, -0.1) is 0 Å². The van der Waals surface area contributed by atoms with Crippen LogP contribution >= 0.6 is 0 Å². The Bertz CT molecular complexity index is 596. The summed E-state index contributed by atoms with van der Waals surface area (Å²) in [5.41, 5.74) is 8.78. The summed E-state index contributed by atoms with van der Waals surface area (Å²) in [6.45, 7) is 1.89. The molecule has 3 N–H and O–H groups in total. The molecule has 1 saturated carbocycles. The summed E-state index contributed by atoms with van der Waals surface area (Å²) in [6.07, 6.45) is 3.16. The largest absolute Gasteiger partial charge is 0.508 e. The molecule has 0 unspecified atom stereocenters. The number of hydrogen-bond acceptors (Lipinski definition) is 3. The summed E-state index contributed by atoms with van der Waals surface area (Å²) in [7, 11) is 1.99. The molecule has 1 aromatic heterocycles. The molecule has 1 aromatic carbocycles. The summed E-state index contributed by atoms with van der Waals surface area (Å²) >= 11 is 0. The van der Waals surface area contributed by atoms with Crippen LogP contribution in [0.15, 0.2) is 12.1 Å². The summed E-state index contributed by atoms with van der Waals surface area (Å²) < 4.78 is 2.06. The van der Waals surface area contributed by atoms with Crippen molar-refractivity contribution in [3.8, 4) is 5.75 Å². The number of imidazole rings is 1. The molecular formula is C13H17N3O. The molecule has 1 aliphatic carbocycles. The van der Waals surface area contributed by atoms with Crippen molar-refractivity contribution < 1.29 is 5.11 Å². The lowest BCUT2D eigenvalue weighted by Gasteiger charge is -2.37. The third kappa shape index (κ3) is 1.37. The molecule has 1 aliphatic rings. The number of nitrogens with zero attached hydrogens (tertiary/aromatic N) is 2. The molecule has 0 saturated heterocycles. The van der Waals surface area contributed by atoms with E-state index >= 15 is 0 Å².